The van der Waals surface area contributed by atoms with Gasteiger partial charge < -0.3 is 4.57 Å². The van der Waals surface area contributed by atoms with E-state index in [1.807, 2.05) is 41.5 Å². The van der Waals surface area contributed by atoms with Crippen molar-refractivity contribution in [1.29, 1.82) is 0 Å². The fourth-order valence-electron chi connectivity index (χ4n) is 5.82. The minimum absolute atomic E-state index is 0.970. The van der Waals surface area contributed by atoms with Crippen molar-refractivity contribution >= 4 is 43.4 Å². The number of hydrogen-bond donors (Lipinski definition) is 0. The fraction of sp³-hybridized carbons (Fsp3) is 0.257. The molecule has 184 valence electrons. The molecule has 0 fully saturated rings. The molecule has 0 bridgehead atoms. The average molecular weight is 474 g/mol. The Morgan fingerprint density at radius 2 is 1.17 bits per heavy atom. The van der Waals surface area contributed by atoms with Gasteiger partial charge in [0.2, 0.25) is 0 Å². The first-order valence-electron chi connectivity index (χ1n) is 13.8. The topological polar surface area (TPSA) is 4.93 Å². The maximum Gasteiger partial charge on any atom is 0.0577 e. The summed E-state index contributed by atoms with van der Waals surface area (Å²) >= 11 is 0. The van der Waals surface area contributed by atoms with Gasteiger partial charge in [0.15, 0.2) is 0 Å². The Labute approximate surface area is 216 Å². The predicted octanol–water partition coefficient (Wildman–Crippen LogP) is 10.8. The van der Waals surface area contributed by atoms with Crippen molar-refractivity contribution in [2.75, 3.05) is 0 Å². The molecule has 0 radical (unpaired) electrons. The van der Waals surface area contributed by atoms with Gasteiger partial charge in [-0.2, -0.15) is 0 Å². The lowest BCUT2D eigenvalue weighted by atomic mass is 9.93. The predicted molar refractivity (Wildman–Crippen MR) is 162 cm³/mol. The van der Waals surface area contributed by atoms with Crippen LogP contribution in [0.3, 0.4) is 0 Å². The van der Waals surface area contributed by atoms with Gasteiger partial charge in [-0.1, -0.05) is 120 Å². The van der Waals surface area contributed by atoms with Crippen molar-refractivity contribution in [3.8, 4) is 11.1 Å². The fourth-order valence-corrected chi connectivity index (χ4v) is 5.82. The Kier molecular flexibility index (Phi) is 7.79. The van der Waals surface area contributed by atoms with Crippen LogP contribution in [0.15, 0.2) is 84.9 Å². The molecular formula is C35H39N. The third-order valence-corrected chi connectivity index (χ3v) is 7.01. The van der Waals surface area contributed by atoms with E-state index in [0.717, 1.165) is 13.0 Å². The molecule has 0 saturated heterocycles. The summed E-state index contributed by atoms with van der Waals surface area (Å²) in [5, 5.41) is 8.30. The summed E-state index contributed by atoms with van der Waals surface area (Å²) in [5.74, 6) is 0. The highest BCUT2D eigenvalue weighted by Gasteiger charge is 2.28. The van der Waals surface area contributed by atoms with Crippen LogP contribution < -0.4 is 0 Å². The number of benzene rings is 5. The zero-order valence-corrected chi connectivity index (χ0v) is 22.9. The zero-order valence-electron chi connectivity index (χ0n) is 22.9. The molecule has 1 aliphatic carbocycles. The number of aromatic nitrogens is 1. The van der Waals surface area contributed by atoms with E-state index < -0.39 is 0 Å². The molecule has 0 atom stereocenters. The molecule has 0 spiro atoms. The van der Waals surface area contributed by atoms with Crippen LogP contribution in [0.2, 0.25) is 0 Å². The lowest BCUT2D eigenvalue weighted by Gasteiger charge is -2.12. The molecule has 0 saturated carbocycles. The number of fused-ring (bicyclic) bond motifs is 12. The van der Waals surface area contributed by atoms with Gasteiger partial charge in [0, 0.05) is 28.2 Å². The highest BCUT2D eigenvalue weighted by atomic mass is 15.0. The lowest BCUT2D eigenvalue weighted by molar-refractivity contribution is 0.829. The first-order valence-corrected chi connectivity index (χ1v) is 13.8. The van der Waals surface area contributed by atoms with E-state index in [0.29, 0.717) is 0 Å². The van der Waals surface area contributed by atoms with Crippen LogP contribution in [0.5, 0.6) is 0 Å². The first-order chi connectivity index (χ1) is 17.9. The molecule has 0 unspecified atom stereocenters. The minimum Gasteiger partial charge on any atom is -0.340 e. The molecule has 1 aliphatic rings. The van der Waals surface area contributed by atoms with Gasteiger partial charge in [0.1, 0.15) is 0 Å². The molecule has 5 aromatic carbocycles. The first kappa shape index (κ1) is 25.5. The molecule has 7 rings (SSSR count). The lowest BCUT2D eigenvalue weighted by Crippen LogP contribution is -1.95. The summed E-state index contributed by atoms with van der Waals surface area (Å²) in [5.41, 5.74) is 8.56. The van der Waals surface area contributed by atoms with Crippen molar-refractivity contribution in [2.24, 2.45) is 0 Å². The van der Waals surface area contributed by atoms with E-state index in [2.05, 4.69) is 96.4 Å². The molecule has 36 heavy (non-hydrogen) atoms. The molecule has 1 heteroatoms. The minimum atomic E-state index is 0.970. The zero-order chi connectivity index (χ0) is 25.8. The van der Waals surface area contributed by atoms with Gasteiger partial charge in [0.05, 0.1) is 5.52 Å². The largest absolute Gasteiger partial charge is 0.340 e. The van der Waals surface area contributed by atoms with Gasteiger partial charge in [-0.05, 0) is 57.8 Å². The normalized spacial score (nSPS) is 11.2. The molecule has 0 N–H and O–H groups in total. The molecule has 0 aliphatic heterocycles. The third-order valence-electron chi connectivity index (χ3n) is 7.01. The van der Waals surface area contributed by atoms with Gasteiger partial charge in [-0.25, -0.2) is 0 Å². The molecule has 1 nitrogen and oxygen atoms in total. The Hall–Kier alpha value is -3.58. The number of para-hydroxylation sites is 1. The summed E-state index contributed by atoms with van der Waals surface area (Å²) in [6.07, 6.45) is 1.01. The summed E-state index contributed by atoms with van der Waals surface area (Å²) in [6.45, 7) is 15.2. The van der Waals surface area contributed by atoms with Crippen LogP contribution in [0.25, 0.3) is 54.5 Å². The highest BCUT2D eigenvalue weighted by molar-refractivity contribution is 6.26. The van der Waals surface area contributed by atoms with Gasteiger partial charge in [0.25, 0.3) is 0 Å². The average Bonchev–Trinajstić information content (AvgIpc) is 3.53. The number of hydrogen-bond acceptors (Lipinski definition) is 0. The monoisotopic (exact) mass is 473 g/mol. The molecule has 0 amide bonds. The molecular weight excluding hydrogens is 434 g/mol. The second-order valence-electron chi connectivity index (χ2n) is 8.37. The van der Waals surface area contributed by atoms with E-state index in [-0.39, 0.29) is 0 Å². The van der Waals surface area contributed by atoms with E-state index in [1.54, 1.807) is 0 Å². The quantitative estimate of drug-likeness (QED) is 0.223. The van der Waals surface area contributed by atoms with Crippen molar-refractivity contribution in [1.82, 2.24) is 4.57 Å². The van der Waals surface area contributed by atoms with E-state index >= 15 is 0 Å². The third kappa shape index (κ3) is 3.69. The van der Waals surface area contributed by atoms with Gasteiger partial charge in [-0.3, -0.25) is 0 Å². The van der Waals surface area contributed by atoms with Crippen LogP contribution in [-0.2, 0) is 13.0 Å². The smallest absolute Gasteiger partial charge is 0.0577 e. The van der Waals surface area contributed by atoms with Crippen LogP contribution in [0.4, 0.5) is 0 Å². The second-order valence-corrected chi connectivity index (χ2v) is 8.37. The molecule has 1 aromatic heterocycles. The maximum atomic E-state index is 2.51. The maximum absolute atomic E-state index is 2.51. The number of aryl methyl sites for hydroxylation is 1. The standard InChI is InChI=1S/C29H21N.3C2H6/c1-2-30-26-14-8-7-13-23(26)28-27-21-16-15-18-9-3-4-10-19(18)24(21)17-25(27)20-11-5-6-12-22(20)29(28)30;3*1-2/h3-16H,2,17H2,1H3;3*1-2H3. The Balaban J connectivity index is 0.000000475. The second kappa shape index (κ2) is 11.0. The van der Waals surface area contributed by atoms with Gasteiger partial charge >= 0.3 is 0 Å². The SMILES string of the molecule is CC.CC.CC.CCn1c2ccccc2c2c3c(c4ccccc4c21)Cc1c-3ccc2ccccc12. The van der Waals surface area contributed by atoms with Crippen molar-refractivity contribution < 1.29 is 0 Å². The van der Waals surface area contributed by atoms with E-state index in [4.69, 9.17) is 0 Å². The molecule has 6 aromatic rings. The molecule has 1 heterocycles. The Morgan fingerprint density at radius 1 is 0.583 bits per heavy atom. The summed E-state index contributed by atoms with van der Waals surface area (Å²) in [4.78, 5) is 0. The van der Waals surface area contributed by atoms with E-state index in [1.165, 1.54) is 65.6 Å². The van der Waals surface area contributed by atoms with Crippen LogP contribution in [-0.4, -0.2) is 4.57 Å². The van der Waals surface area contributed by atoms with Gasteiger partial charge in [-0.15, -0.1) is 0 Å². The van der Waals surface area contributed by atoms with Crippen molar-refractivity contribution in [3.63, 3.8) is 0 Å². The summed E-state index contributed by atoms with van der Waals surface area (Å²) in [6, 6.07) is 31.4. The Bertz CT molecular complexity index is 1650. The van der Waals surface area contributed by atoms with Crippen LogP contribution in [0.1, 0.15) is 59.6 Å². The van der Waals surface area contributed by atoms with Crippen molar-refractivity contribution in [2.45, 2.75) is 61.4 Å². The van der Waals surface area contributed by atoms with E-state index in [9.17, 15) is 0 Å². The Morgan fingerprint density at radius 3 is 1.86 bits per heavy atom. The van der Waals surface area contributed by atoms with Crippen LogP contribution in [0, 0.1) is 0 Å². The highest BCUT2D eigenvalue weighted by Crippen LogP contribution is 2.50. The number of rotatable bonds is 1. The summed E-state index contributed by atoms with van der Waals surface area (Å²) in [7, 11) is 0. The summed E-state index contributed by atoms with van der Waals surface area (Å²) < 4.78 is 2.51. The number of nitrogens with zero attached hydrogens (tertiary/aromatic N) is 1. The van der Waals surface area contributed by atoms with Crippen LogP contribution >= 0.6 is 0 Å². The van der Waals surface area contributed by atoms with Crippen molar-refractivity contribution in [3.05, 3.63) is 96.1 Å².